The maximum Gasteiger partial charge on any atom is 0.0236 e. The molecule has 0 aliphatic rings. The summed E-state index contributed by atoms with van der Waals surface area (Å²) in [5, 5.41) is 0. The van der Waals surface area contributed by atoms with E-state index in [0.29, 0.717) is 12.6 Å². The molecule has 0 bridgehead atoms. The zero-order valence-electron chi connectivity index (χ0n) is 11.4. The fourth-order valence-corrected chi connectivity index (χ4v) is 2.27. The van der Waals surface area contributed by atoms with Crippen molar-refractivity contribution in [3.8, 4) is 0 Å². The van der Waals surface area contributed by atoms with Gasteiger partial charge in [-0.05, 0) is 31.0 Å². The minimum Gasteiger partial charge on any atom is -0.326 e. The highest BCUT2D eigenvalue weighted by Gasteiger charge is 2.11. The molecule has 2 nitrogen and oxygen atoms in total. The van der Waals surface area contributed by atoms with Gasteiger partial charge in [0.2, 0.25) is 0 Å². The number of hydrogen-bond acceptors (Lipinski definition) is 2. The van der Waals surface area contributed by atoms with E-state index in [1.54, 1.807) is 0 Å². The van der Waals surface area contributed by atoms with Gasteiger partial charge in [0.1, 0.15) is 0 Å². The Balaban J connectivity index is 2.66. The lowest BCUT2D eigenvalue weighted by atomic mass is 10.1. The van der Waals surface area contributed by atoms with E-state index in [1.165, 1.54) is 24.0 Å². The van der Waals surface area contributed by atoms with Crippen LogP contribution >= 0.6 is 0 Å². The first kappa shape index (κ1) is 14.2. The zero-order chi connectivity index (χ0) is 12.7. The van der Waals surface area contributed by atoms with Crippen LogP contribution in [0.1, 0.15) is 44.7 Å². The molecule has 0 aliphatic heterocycles. The number of benzene rings is 1. The average molecular weight is 234 g/mol. The van der Waals surface area contributed by atoms with Crippen LogP contribution in [0, 0.1) is 0 Å². The monoisotopic (exact) mass is 234 g/mol. The Morgan fingerprint density at radius 1 is 1.24 bits per heavy atom. The molecular formula is C15H26N2. The van der Waals surface area contributed by atoms with Gasteiger partial charge < -0.3 is 5.73 Å². The van der Waals surface area contributed by atoms with Crippen molar-refractivity contribution >= 4 is 0 Å². The number of nitrogens with two attached hydrogens (primary N) is 1. The molecule has 1 aromatic rings. The molecule has 96 valence electrons. The maximum atomic E-state index is 5.68. The van der Waals surface area contributed by atoms with Gasteiger partial charge in [-0.1, -0.05) is 44.5 Å². The Kier molecular flexibility index (Phi) is 6.23. The van der Waals surface area contributed by atoms with Crippen LogP contribution in [0.2, 0.25) is 0 Å². The van der Waals surface area contributed by atoms with Crippen LogP contribution in [0.25, 0.3) is 0 Å². The van der Waals surface area contributed by atoms with E-state index < -0.39 is 0 Å². The molecule has 1 rings (SSSR count). The molecule has 17 heavy (non-hydrogen) atoms. The van der Waals surface area contributed by atoms with E-state index in [-0.39, 0.29) is 0 Å². The Hall–Kier alpha value is -0.860. The van der Waals surface area contributed by atoms with E-state index in [2.05, 4.69) is 49.9 Å². The van der Waals surface area contributed by atoms with Crippen molar-refractivity contribution < 1.29 is 0 Å². The molecule has 0 saturated heterocycles. The van der Waals surface area contributed by atoms with E-state index in [0.717, 1.165) is 13.1 Å². The third kappa shape index (κ3) is 4.49. The van der Waals surface area contributed by atoms with Gasteiger partial charge in [-0.2, -0.15) is 0 Å². The lowest BCUT2D eigenvalue weighted by Crippen LogP contribution is -2.32. The van der Waals surface area contributed by atoms with Crippen molar-refractivity contribution in [3.63, 3.8) is 0 Å². The van der Waals surface area contributed by atoms with E-state index in [4.69, 9.17) is 5.73 Å². The maximum absolute atomic E-state index is 5.68. The van der Waals surface area contributed by atoms with Crippen molar-refractivity contribution in [1.29, 1.82) is 0 Å². The van der Waals surface area contributed by atoms with Gasteiger partial charge in [-0.25, -0.2) is 0 Å². The van der Waals surface area contributed by atoms with Crippen LogP contribution in [0.4, 0.5) is 0 Å². The lowest BCUT2D eigenvalue weighted by Gasteiger charge is -2.27. The molecule has 0 aromatic heterocycles. The van der Waals surface area contributed by atoms with Gasteiger partial charge in [-0.3, -0.25) is 4.90 Å². The first-order valence-electron chi connectivity index (χ1n) is 6.73. The summed E-state index contributed by atoms with van der Waals surface area (Å²) in [5.74, 6) is 0. The number of hydrogen-bond donors (Lipinski definition) is 1. The molecule has 0 spiro atoms. The largest absolute Gasteiger partial charge is 0.326 e. The van der Waals surface area contributed by atoms with E-state index in [9.17, 15) is 0 Å². The molecule has 0 heterocycles. The minimum absolute atomic E-state index is 0.629. The second kappa shape index (κ2) is 7.46. The summed E-state index contributed by atoms with van der Waals surface area (Å²) in [4.78, 5) is 2.53. The summed E-state index contributed by atoms with van der Waals surface area (Å²) >= 11 is 0. The Bertz CT molecular complexity index is 322. The van der Waals surface area contributed by atoms with E-state index in [1.807, 2.05) is 0 Å². The van der Waals surface area contributed by atoms with Crippen LogP contribution in [-0.2, 0) is 13.1 Å². The topological polar surface area (TPSA) is 29.3 Å². The normalized spacial score (nSPS) is 13.0. The van der Waals surface area contributed by atoms with Gasteiger partial charge in [0.25, 0.3) is 0 Å². The third-order valence-electron chi connectivity index (χ3n) is 3.35. The van der Waals surface area contributed by atoms with Gasteiger partial charge in [0, 0.05) is 19.1 Å². The van der Waals surface area contributed by atoms with Crippen molar-refractivity contribution in [2.75, 3.05) is 6.54 Å². The van der Waals surface area contributed by atoms with Crippen LogP contribution in [-0.4, -0.2) is 17.5 Å². The van der Waals surface area contributed by atoms with Crippen LogP contribution in [0.3, 0.4) is 0 Å². The summed E-state index contributed by atoms with van der Waals surface area (Å²) in [6.45, 7) is 9.57. The standard InChI is InChI=1S/C15H26N2/c1-4-7-13(3)17(5-2)12-15-9-6-8-14(10-15)11-16/h6,8-10,13H,4-5,7,11-12,16H2,1-3H3. The van der Waals surface area contributed by atoms with E-state index >= 15 is 0 Å². The molecule has 0 radical (unpaired) electrons. The molecule has 1 aromatic carbocycles. The second-order valence-corrected chi connectivity index (χ2v) is 4.72. The first-order valence-corrected chi connectivity index (χ1v) is 6.73. The van der Waals surface area contributed by atoms with Crippen molar-refractivity contribution in [2.24, 2.45) is 5.73 Å². The molecule has 0 fully saturated rings. The molecule has 0 aliphatic carbocycles. The van der Waals surface area contributed by atoms with Crippen LogP contribution in [0.5, 0.6) is 0 Å². The SMILES string of the molecule is CCCC(C)N(CC)Cc1cccc(CN)c1. The number of nitrogens with zero attached hydrogens (tertiary/aromatic N) is 1. The Morgan fingerprint density at radius 3 is 2.53 bits per heavy atom. The molecule has 1 unspecified atom stereocenters. The Labute approximate surface area is 106 Å². The highest BCUT2D eigenvalue weighted by molar-refractivity contribution is 5.23. The predicted molar refractivity (Wildman–Crippen MR) is 74.8 cm³/mol. The lowest BCUT2D eigenvalue weighted by molar-refractivity contribution is 0.200. The van der Waals surface area contributed by atoms with Gasteiger partial charge in [0.05, 0.1) is 0 Å². The fraction of sp³-hybridized carbons (Fsp3) is 0.600. The van der Waals surface area contributed by atoms with Crippen molar-refractivity contribution in [1.82, 2.24) is 4.90 Å². The second-order valence-electron chi connectivity index (χ2n) is 4.72. The number of rotatable bonds is 7. The van der Waals surface area contributed by atoms with Crippen LogP contribution < -0.4 is 5.73 Å². The van der Waals surface area contributed by atoms with Crippen molar-refractivity contribution in [2.45, 2.75) is 52.7 Å². The zero-order valence-corrected chi connectivity index (χ0v) is 11.4. The summed E-state index contributed by atoms with van der Waals surface area (Å²) in [6.07, 6.45) is 2.52. The highest BCUT2D eigenvalue weighted by Crippen LogP contribution is 2.13. The molecular weight excluding hydrogens is 208 g/mol. The highest BCUT2D eigenvalue weighted by atomic mass is 15.1. The summed E-state index contributed by atoms with van der Waals surface area (Å²) in [5.41, 5.74) is 8.27. The molecule has 0 amide bonds. The Morgan fingerprint density at radius 2 is 1.94 bits per heavy atom. The smallest absolute Gasteiger partial charge is 0.0236 e. The van der Waals surface area contributed by atoms with Gasteiger partial charge >= 0.3 is 0 Å². The summed E-state index contributed by atoms with van der Waals surface area (Å²) in [7, 11) is 0. The van der Waals surface area contributed by atoms with Crippen LogP contribution in [0.15, 0.2) is 24.3 Å². The molecule has 0 saturated carbocycles. The fourth-order valence-electron chi connectivity index (χ4n) is 2.27. The predicted octanol–water partition coefficient (Wildman–Crippen LogP) is 3.16. The first-order chi connectivity index (χ1) is 8.21. The molecule has 1 atom stereocenters. The third-order valence-corrected chi connectivity index (χ3v) is 3.35. The summed E-state index contributed by atoms with van der Waals surface area (Å²) in [6, 6.07) is 9.28. The van der Waals surface area contributed by atoms with Crippen molar-refractivity contribution in [3.05, 3.63) is 35.4 Å². The van der Waals surface area contributed by atoms with Gasteiger partial charge in [0.15, 0.2) is 0 Å². The quantitative estimate of drug-likeness (QED) is 0.785. The minimum atomic E-state index is 0.629. The average Bonchev–Trinajstić information content (AvgIpc) is 2.36. The molecule has 2 N–H and O–H groups in total. The summed E-state index contributed by atoms with van der Waals surface area (Å²) < 4.78 is 0. The molecule has 2 heteroatoms. The van der Waals surface area contributed by atoms with Gasteiger partial charge in [-0.15, -0.1) is 0 Å².